The number of ketones is 1. The Hall–Kier alpha value is -1.13. The number of hydrogen-bond donors (Lipinski definition) is 0. The van der Waals surface area contributed by atoms with E-state index >= 15 is 0 Å². The monoisotopic (exact) mass is 324 g/mol. The Bertz CT molecular complexity index is 579. The van der Waals surface area contributed by atoms with Crippen molar-refractivity contribution in [3.05, 3.63) is 49.6 Å². The summed E-state index contributed by atoms with van der Waals surface area (Å²) in [5.74, 6) is 0.892. The molecule has 2 nitrogen and oxygen atoms in total. The first-order valence-electron chi connectivity index (χ1n) is 5.47. The first-order chi connectivity index (χ1) is 8.52. The maximum Gasteiger partial charge on any atom is 0.193 e. The summed E-state index contributed by atoms with van der Waals surface area (Å²) < 4.78 is 6.27. The average Bonchev–Trinajstić information content (AvgIpc) is 2.74. The van der Waals surface area contributed by atoms with E-state index in [4.69, 9.17) is 4.74 Å². The molecular weight excluding hydrogens is 312 g/mol. The van der Waals surface area contributed by atoms with Crippen molar-refractivity contribution < 1.29 is 9.53 Å². The first kappa shape index (κ1) is 13.3. The number of carbonyl (C=O) groups is 1. The predicted molar refractivity (Wildman–Crippen MR) is 77.9 cm³/mol. The van der Waals surface area contributed by atoms with E-state index in [0.29, 0.717) is 5.56 Å². The van der Waals surface area contributed by atoms with Gasteiger partial charge in [0.1, 0.15) is 5.75 Å². The number of hydrogen-bond acceptors (Lipinski definition) is 3. The third kappa shape index (κ3) is 2.49. The molecule has 2 aromatic rings. The minimum Gasteiger partial charge on any atom is -0.496 e. The van der Waals surface area contributed by atoms with E-state index in [1.165, 1.54) is 11.3 Å². The first-order valence-corrected chi connectivity index (χ1v) is 7.14. The van der Waals surface area contributed by atoms with Crippen LogP contribution in [0.15, 0.2) is 27.4 Å². The highest BCUT2D eigenvalue weighted by Crippen LogP contribution is 2.27. The Morgan fingerprint density at radius 1 is 1.17 bits per heavy atom. The average molecular weight is 325 g/mol. The Morgan fingerprint density at radius 2 is 1.78 bits per heavy atom. The van der Waals surface area contributed by atoms with Gasteiger partial charge in [0.15, 0.2) is 5.78 Å². The van der Waals surface area contributed by atoms with Gasteiger partial charge in [-0.3, -0.25) is 4.79 Å². The second-order valence-electron chi connectivity index (χ2n) is 4.11. The van der Waals surface area contributed by atoms with E-state index in [-0.39, 0.29) is 5.78 Å². The van der Waals surface area contributed by atoms with Crippen LogP contribution in [0.3, 0.4) is 0 Å². The molecule has 0 N–H and O–H groups in total. The van der Waals surface area contributed by atoms with Gasteiger partial charge in [-0.15, -0.1) is 11.3 Å². The van der Waals surface area contributed by atoms with Crippen LogP contribution in [-0.4, -0.2) is 12.9 Å². The van der Waals surface area contributed by atoms with Gasteiger partial charge in [-0.2, -0.15) is 0 Å². The highest BCUT2D eigenvalue weighted by atomic mass is 79.9. The van der Waals surface area contributed by atoms with Crippen LogP contribution in [0.1, 0.15) is 27.0 Å². The van der Waals surface area contributed by atoms with Gasteiger partial charge in [-0.1, -0.05) is 0 Å². The molecule has 0 aliphatic rings. The molecule has 0 bridgehead atoms. The molecule has 0 saturated heterocycles. The SMILES string of the molecule is COc1c(C)cc(C(=O)c2csc(Br)c2)cc1C. The van der Waals surface area contributed by atoms with E-state index < -0.39 is 0 Å². The molecule has 1 heterocycles. The van der Waals surface area contributed by atoms with Crippen LogP contribution in [0.5, 0.6) is 5.75 Å². The van der Waals surface area contributed by atoms with Crippen LogP contribution in [0.25, 0.3) is 0 Å². The fourth-order valence-electron chi connectivity index (χ4n) is 2.00. The summed E-state index contributed by atoms with van der Waals surface area (Å²) in [6.07, 6.45) is 0. The topological polar surface area (TPSA) is 26.3 Å². The van der Waals surface area contributed by atoms with Crippen molar-refractivity contribution >= 4 is 33.0 Å². The molecule has 0 unspecified atom stereocenters. The summed E-state index contributed by atoms with van der Waals surface area (Å²) in [4.78, 5) is 12.3. The Labute approximate surface area is 119 Å². The summed E-state index contributed by atoms with van der Waals surface area (Å²) in [6.45, 7) is 3.90. The highest BCUT2D eigenvalue weighted by Gasteiger charge is 2.14. The van der Waals surface area contributed by atoms with Crippen molar-refractivity contribution in [3.8, 4) is 5.75 Å². The van der Waals surface area contributed by atoms with Crippen molar-refractivity contribution in [1.29, 1.82) is 0 Å². The number of halogens is 1. The van der Waals surface area contributed by atoms with Crippen LogP contribution in [-0.2, 0) is 0 Å². The second-order valence-corrected chi connectivity index (χ2v) is 6.40. The molecule has 0 saturated carbocycles. The number of aryl methyl sites for hydroxylation is 2. The number of thiophene rings is 1. The van der Waals surface area contributed by atoms with E-state index in [2.05, 4.69) is 15.9 Å². The second kappa shape index (κ2) is 5.24. The molecule has 1 aromatic heterocycles. The van der Waals surface area contributed by atoms with Gasteiger partial charge in [-0.05, 0) is 59.1 Å². The molecule has 0 radical (unpaired) electrons. The summed E-state index contributed by atoms with van der Waals surface area (Å²) in [5.41, 5.74) is 3.39. The highest BCUT2D eigenvalue weighted by molar-refractivity contribution is 9.11. The van der Waals surface area contributed by atoms with Gasteiger partial charge in [-0.25, -0.2) is 0 Å². The molecule has 0 fully saturated rings. The van der Waals surface area contributed by atoms with E-state index in [1.54, 1.807) is 7.11 Å². The maximum atomic E-state index is 12.3. The van der Waals surface area contributed by atoms with Crippen molar-refractivity contribution in [2.45, 2.75) is 13.8 Å². The molecule has 4 heteroatoms. The minimum absolute atomic E-state index is 0.0470. The Balaban J connectivity index is 2.43. The van der Waals surface area contributed by atoms with Crippen LogP contribution < -0.4 is 4.74 Å². The number of ether oxygens (including phenoxy) is 1. The smallest absolute Gasteiger partial charge is 0.193 e. The maximum absolute atomic E-state index is 12.3. The summed E-state index contributed by atoms with van der Waals surface area (Å²) in [6, 6.07) is 5.60. The third-order valence-electron chi connectivity index (χ3n) is 2.76. The zero-order valence-electron chi connectivity index (χ0n) is 10.4. The zero-order chi connectivity index (χ0) is 13.3. The molecule has 0 atom stereocenters. The molecule has 18 heavy (non-hydrogen) atoms. The standard InChI is InChI=1S/C14H13BrO2S/c1-8-4-10(5-9(2)14(8)17-3)13(16)11-6-12(15)18-7-11/h4-7H,1-3H3. The minimum atomic E-state index is 0.0470. The zero-order valence-corrected chi connectivity index (χ0v) is 12.8. The van der Waals surface area contributed by atoms with Gasteiger partial charge in [0.25, 0.3) is 0 Å². The van der Waals surface area contributed by atoms with E-state index in [9.17, 15) is 4.79 Å². The van der Waals surface area contributed by atoms with Gasteiger partial charge >= 0.3 is 0 Å². The summed E-state index contributed by atoms with van der Waals surface area (Å²) >= 11 is 4.89. The van der Waals surface area contributed by atoms with Gasteiger partial charge in [0.05, 0.1) is 10.9 Å². The lowest BCUT2D eigenvalue weighted by atomic mass is 10.00. The molecule has 0 amide bonds. The van der Waals surface area contributed by atoms with E-state index in [1.807, 2.05) is 37.4 Å². The molecule has 2 rings (SSSR count). The molecule has 0 aliphatic heterocycles. The Morgan fingerprint density at radius 3 is 2.22 bits per heavy atom. The Kier molecular flexibility index (Phi) is 3.88. The number of rotatable bonds is 3. The van der Waals surface area contributed by atoms with Crippen LogP contribution in [0.4, 0.5) is 0 Å². The van der Waals surface area contributed by atoms with Crippen LogP contribution in [0, 0.1) is 13.8 Å². The predicted octanol–water partition coefficient (Wildman–Crippen LogP) is 4.37. The van der Waals surface area contributed by atoms with Crippen molar-refractivity contribution in [2.24, 2.45) is 0 Å². The van der Waals surface area contributed by atoms with Crippen LogP contribution >= 0.6 is 27.3 Å². The largest absolute Gasteiger partial charge is 0.496 e. The van der Waals surface area contributed by atoms with Crippen molar-refractivity contribution in [2.75, 3.05) is 7.11 Å². The van der Waals surface area contributed by atoms with Gasteiger partial charge < -0.3 is 4.74 Å². The van der Waals surface area contributed by atoms with Crippen LogP contribution in [0.2, 0.25) is 0 Å². The molecule has 94 valence electrons. The molecule has 0 spiro atoms. The van der Waals surface area contributed by atoms with Crippen molar-refractivity contribution in [1.82, 2.24) is 0 Å². The third-order valence-corrected chi connectivity index (χ3v) is 4.26. The molecule has 0 aliphatic carbocycles. The lowest BCUT2D eigenvalue weighted by Crippen LogP contribution is -2.02. The normalized spacial score (nSPS) is 10.4. The lowest BCUT2D eigenvalue weighted by molar-refractivity contribution is 0.103. The lowest BCUT2D eigenvalue weighted by Gasteiger charge is -2.10. The number of benzene rings is 1. The van der Waals surface area contributed by atoms with Gasteiger partial charge in [0, 0.05) is 16.5 Å². The quantitative estimate of drug-likeness (QED) is 0.784. The van der Waals surface area contributed by atoms with E-state index in [0.717, 1.165) is 26.2 Å². The number of methoxy groups -OCH3 is 1. The molecule has 1 aromatic carbocycles. The summed E-state index contributed by atoms with van der Waals surface area (Å²) in [7, 11) is 1.65. The van der Waals surface area contributed by atoms with Crippen molar-refractivity contribution in [3.63, 3.8) is 0 Å². The molecular formula is C14H13BrO2S. The van der Waals surface area contributed by atoms with Gasteiger partial charge in [0.2, 0.25) is 0 Å². The summed E-state index contributed by atoms with van der Waals surface area (Å²) in [5, 5.41) is 1.86. The fraction of sp³-hybridized carbons (Fsp3) is 0.214. The number of carbonyl (C=O) groups excluding carboxylic acids is 1. The fourth-order valence-corrected chi connectivity index (χ4v) is 3.14.